The van der Waals surface area contributed by atoms with Gasteiger partial charge < -0.3 is 24.8 Å². The van der Waals surface area contributed by atoms with Gasteiger partial charge in [0.05, 0.1) is 0 Å². The number of carbonyl (C=O) groups is 1. The average Bonchev–Trinajstić information content (AvgIpc) is 3.13. The van der Waals surface area contributed by atoms with Crippen molar-refractivity contribution in [3.05, 3.63) is 40.0 Å². The van der Waals surface area contributed by atoms with E-state index >= 15 is 0 Å². The topological polar surface area (TPSA) is 87.0 Å². The van der Waals surface area contributed by atoms with Gasteiger partial charge in [-0.15, -0.1) is 0 Å². The Kier molecular flexibility index (Phi) is 10.4. The summed E-state index contributed by atoms with van der Waals surface area (Å²) in [5.41, 5.74) is 8.08. The monoisotopic (exact) mass is 625 g/mol. The van der Waals surface area contributed by atoms with Crippen LogP contribution in [0.5, 0.6) is 0 Å². The van der Waals surface area contributed by atoms with Crippen molar-refractivity contribution in [2.75, 3.05) is 6.61 Å². The Morgan fingerprint density at radius 3 is 1.59 bits per heavy atom. The predicted octanol–water partition coefficient (Wildman–Crippen LogP) is -3.82. The molecule has 3 rings (SSSR count). The first-order valence-electron chi connectivity index (χ1n) is 10.7. The van der Waals surface area contributed by atoms with Crippen molar-refractivity contribution < 1.29 is 68.9 Å². The Hall–Kier alpha value is 0.316. The summed E-state index contributed by atoms with van der Waals surface area (Å²) >= 11 is -4.72. The van der Waals surface area contributed by atoms with Crippen LogP contribution in [0.3, 0.4) is 0 Å². The third kappa shape index (κ3) is 4.59. The smallest absolute Gasteiger partial charge is 1.00 e. The van der Waals surface area contributed by atoms with Gasteiger partial charge in [0.2, 0.25) is 0 Å². The van der Waals surface area contributed by atoms with Gasteiger partial charge in [-0.2, -0.15) is 0 Å². The third-order valence-corrected chi connectivity index (χ3v) is 39.4. The Morgan fingerprint density at radius 1 is 0.906 bits per heavy atom. The molecule has 1 saturated heterocycles. The van der Waals surface area contributed by atoms with E-state index in [9.17, 15) is 20.1 Å². The fourth-order valence-electron chi connectivity index (χ4n) is 5.35. The molecule has 9 heteroatoms. The maximum absolute atomic E-state index is 12.7. The molecule has 0 spiro atoms. The molecule has 3 aliphatic rings. The van der Waals surface area contributed by atoms with Gasteiger partial charge in [0.25, 0.3) is 0 Å². The number of ether oxygens (including phenoxy) is 1. The summed E-state index contributed by atoms with van der Waals surface area (Å²) in [6.07, 6.45) is -2.35. The van der Waals surface area contributed by atoms with Gasteiger partial charge >= 0.3 is 192 Å². The molecule has 0 aromatic carbocycles. The van der Waals surface area contributed by atoms with E-state index in [1.54, 1.807) is 0 Å². The van der Waals surface area contributed by atoms with E-state index in [1.807, 2.05) is 0 Å². The van der Waals surface area contributed by atoms with Gasteiger partial charge in [-0.25, -0.2) is 0 Å². The molecule has 2 aliphatic carbocycles. The van der Waals surface area contributed by atoms with Gasteiger partial charge in [-0.1, -0.05) is 0 Å². The second kappa shape index (κ2) is 10.9. The molecule has 0 saturated carbocycles. The molecule has 0 aromatic heterocycles. The van der Waals surface area contributed by atoms with Crippen LogP contribution in [0.2, 0.25) is 0 Å². The summed E-state index contributed by atoms with van der Waals surface area (Å²) in [5, 5.41) is 31.7. The van der Waals surface area contributed by atoms with E-state index in [0.29, 0.717) is 11.8 Å². The summed E-state index contributed by atoms with van der Waals surface area (Å²) in [6, 6.07) is 0. The number of hydrogen-bond acceptors (Lipinski definition) is 5. The first-order chi connectivity index (χ1) is 13.9. The molecule has 5 atom stereocenters. The van der Waals surface area contributed by atoms with Gasteiger partial charge in [0.15, 0.2) is 0 Å². The second-order valence-electron chi connectivity index (χ2n) is 9.29. The fraction of sp³-hybridized carbons (Fsp3) is 0.609. The Bertz CT molecular complexity index is 873. The van der Waals surface area contributed by atoms with E-state index in [-0.39, 0.29) is 24.8 Å². The molecule has 0 aromatic rings. The van der Waals surface area contributed by atoms with Crippen molar-refractivity contribution >= 4 is 17.6 Å². The minimum absolute atomic E-state index is 0. The van der Waals surface area contributed by atoms with Crippen LogP contribution in [-0.2, 0) is 28.8 Å². The van der Waals surface area contributed by atoms with Gasteiger partial charge in [0.1, 0.15) is 0 Å². The molecule has 1 heterocycles. The van der Waals surface area contributed by atoms with Crippen molar-refractivity contribution in [3.8, 4) is 0 Å². The standard InChI is InChI=1S/2C9H13.C5H9GeO5.2ClH.Zr/c2*1-6-5-7(2)9(4)8(6)3;6-5(10)3(8)2(1-7)11-4(5)9;;;/h2*6H,1-4H3;2-3,7-8,10H,1,6H2;2*1H;/q;;;;;+2/p-2/t;;2-,3+,5+;;;/m..0.../s1. The van der Waals surface area contributed by atoms with E-state index in [1.165, 1.54) is 40.0 Å². The molecule has 2 unspecified atom stereocenters. The zero-order valence-electron chi connectivity index (χ0n) is 20.1. The maximum Gasteiger partial charge on any atom is -1.00 e. The summed E-state index contributed by atoms with van der Waals surface area (Å²) < 4.78 is 6.39. The van der Waals surface area contributed by atoms with Crippen LogP contribution in [0.15, 0.2) is 40.0 Å². The van der Waals surface area contributed by atoms with E-state index in [0.717, 1.165) is 0 Å². The average molecular weight is 626 g/mol. The van der Waals surface area contributed by atoms with Crippen LogP contribution in [0.4, 0.5) is 0 Å². The molecule has 3 N–H and O–H groups in total. The number of aliphatic hydroxyl groups is 3. The zero-order valence-corrected chi connectivity index (χ0v) is 27.1. The zero-order chi connectivity index (χ0) is 22.7. The summed E-state index contributed by atoms with van der Waals surface area (Å²) in [4.78, 5) is 12.7. The first-order valence-corrected chi connectivity index (χ1v) is 25.2. The number of halogens is 2. The maximum atomic E-state index is 12.7. The predicted molar refractivity (Wildman–Crippen MR) is 117 cm³/mol. The Morgan fingerprint density at radius 2 is 1.31 bits per heavy atom. The number of esters is 1. The van der Waals surface area contributed by atoms with Gasteiger partial charge in [-0.3, -0.25) is 0 Å². The second-order valence-corrected chi connectivity index (χ2v) is 30.6. The van der Waals surface area contributed by atoms with Crippen LogP contribution < -0.4 is 24.8 Å². The van der Waals surface area contributed by atoms with Crippen LogP contribution in [0, 0.1) is 11.8 Å². The quantitative estimate of drug-likeness (QED) is 0.216. The number of aliphatic hydroxyl groups excluding tert-OH is 2. The molecular weight excluding hydrogens is 591 g/mol. The van der Waals surface area contributed by atoms with Crippen molar-refractivity contribution in [1.82, 2.24) is 0 Å². The Labute approximate surface area is 215 Å². The van der Waals surface area contributed by atoms with Gasteiger partial charge in [0, 0.05) is 0 Å². The van der Waals surface area contributed by atoms with E-state index in [4.69, 9.17) is 4.74 Å². The Balaban J connectivity index is 0.00000256. The third-order valence-electron chi connectivity index (χ3n) is 8.01. The van der Waals surface area contributed by atoms with Crippen LogP contribution in [-0.4, -0.2) is 56.2 Å². The molecule has 0 bridgehead atoms. The molecule has 1 fully saturated rings. The molecule has 0 amide bonds. The molecule has 32 heavy (non-hydrogen) atoms. The van der Waals surface area contributed by atoms with Crippen molar-refractivity contribution in [3.63, 3.8) is 0 Å². The summed E-state index contributed by atoms with van der Waals surface area (Å²) in [7, 11) is 0. The van der Waals surface area contributed by atoms with Crippen molar-refractivity contribution in [2.45, 2.75) is 72.0 Å². The normalized spacial score (nSPS) is 32.9. The number of cyclic esters (lactones) is 1. The van der Waals surface area contributed by atoms with Crippen molar-refractivity contribution in [1.29, 1.82) is 0 Å². The van der Waals surface area contributed by atoms with Crippen LogP contribution >= 0.6 is 0 Å². The first kappa shape index (κ1) is 30.3. The van der Waals surface area contributed by atoms with Gasteiger partial charge in [-0.05, 0) is 0 Å². The summed E-state index contributed by atoms with van der Waals surface area (Å²) in [6.45, 7) is 17.1. The molecule has 0 radical (unpaired) electrons. The minimum atomic E-state index is -2.67. The number of rotatable bonds is 5. The molecule has 1 aliphatic heterocycles. The SMILES string of the molecule is CC1=C(C)C(C)[C]([Zr+2]([GeH2][C@]2(O)C(=O)O[C@@H](CO)[C@H]2O)[C]2=C(C)C(C)=C(C)C2C)=C1C.[Cl-].[Cl-]. The molecule has 5 nitrogen and oxygen atoms in total. The largest absolute Gasteiger partial charge is 1.00 e. The van der Waals surface area contributed by atoms with E-state index < -0.39 is 60.1 Å². The number of hydrogen-bond donors (Lipinski definition) is 3. The van der Waals surface area contributed by atoms with Crippen molar-refractivity contribution in [2.24, 2.45) is 11.8 Å². The fourth-order valence-corrected chi connectivity index (χ4v) is 46.7. The van der Waals surface area contributed by atoms with E-state index in [2.05, 4.69) is 55.4 Å². The molecular formula is C23H35Cl2GeO5Zr. The van der Waals surface area contributed by atoms with Crippen LogP contribution in [0.1, 0.15) is 55.4 Å². The minimum Gasteiger partial charge on any atom is -1.00 e. The van der Waals surface area contributed by atoms with Crippen LogP contribution in [0.25, 0.3) is 0 Å². The molecule has 179 valence electrons. The number of allylic oxidation sites excluding steroid dienone is 8. The number of carbonyl (C=O) groups excluding carboxylic acids is 1. The summed E-state index contributed by atoms with van der Waals surface area (Å²) in [5.74, 6) is -0.0705.